The normalized spacial score (nSPS) is 16.9. The highest BCUT2D eigenvalue weighted by Crippen LogP contribution is 2.30. The van der Waals surface area contributed by atoms with Crippen LogP contribution in [0.3, 0.4) is 0 Å². The molecular formula is C23H19N3O10. The summed E-state index contributed by atoms with van der Waals surface area (Å²) < 4.78 is 15.4. The lowest BCUT2D eigenvalue weighted by molar-refractivity contribution is -0.384. The van der Waals surface area contributed by atoms with E-state index in [9.17, 15) is 34.1 Å². The van der Waals surface area contributed by atoms with Gasteiger partial charge in [0.25, 0.3) is 17.5 Å². The van der Waals surface area contributed by atoms with E-state index in [0.29, 0.717) is 5.75 Å². The van der Waals surface area contributed by atoms with Crippen molar-refractivity contribution in [1.29, 1.82) is 0 Å². The van der Waals surface area contributed by atoms with Crippen molar-refractivity contribution in [3.63, 3.8) is 0 Å². The number of ether oxygens (including phenoxy) is 3. The van der Waals surface area contributed by atoms with Crippen LogP contribution in [0.5, 0.6) is 11.5 Å². The third-order valence-electron chi connectivity index (χ3n) is 5.44. The molecule has 2 aromatic rings. The van der Waals surface area contributed by atoms with Crippen LogP contribution < -0.4 is 14.8 Å². The van der Waals surface area contributed by atoms with Crippen LogP contribution >= 0.6 is 0 Å². The zero-order valence-corrected chi connectivity index (χ0v) is 18.6. The molecule has 0 aromatic heterocycles. The molecule has 2 aliphatic rings. The number of hydrogen-bond donors (Lipinski definition) is 1. The van der Waals surface area contributed by atoms with Crippen molar-refractivity contribution in [3.05, 3.63) is 63.7 Å². The summed E-state index contributed by atoms with van der Waals surface area (Å²) in [5.41, 5.74) is 0.0775. The van der Waals surface area contributed by atoms with E-state index in [0.717, 1.165) is 4.90 Å². The average Bonchev–Trinajstić information content (AvgIpc) is 3.09. The number of nitro benzene ring substituents is 1. The van der Waals surface area contributed by atoms with Crippen molar-refractivity contribution in [3.8, 4) is 11.5 Å². The number of rotatable bonds is 8. The van der Waals surface area contributed by atoms with Crippen molar-refractivity contribution in [2.24, 2.45) is 0 Å². The molecule has 2 heterocycles. The van der Waals surface area contributed by atoms with Gasteiger partial charge in [0.1, 0.15) is 17.5 Å². The second-order valence-electron chi connectivity index (χ2n) is 7.81. The minimum atomic E-state index is -1.05. The standard InChI is InChI=1S/C23H19N3O10/c27-19-9-8-18(20(28)24-19)25-21(29)16-7-6-15(12-17(16)22(25)30)34-10-1-11-35-23(31)36-14-4-2-13(3-5-14)26(32)33/h2-7,12,18H,1,8-11H2,(H,24,27,28). The zero-order valence-electron chi connectivity index (χ0n) is 18.6. The van der Waals surface area contributed by atoms with Crippen LogP contribution in [0.25, 0.3) is 0 Å². The molecule has 13 nitrogen and oxygen atoms in total. The Morgan fingerprint density at radius 2 is 1.69 bits per heavy atom. The van der Waals surface area contributed by atoms with Gasteiger partial charge in [-0.25, -0.2) is 4.79 Å². The van der Waals surface area contributed by atoms with E-state index in [1.54, 1.807) is 0 Å². The Morgan fingerprint density at radius 1 is 1.00 bits per heavy atom. The van der Waals surface area contributed by atoms with E-state index in [1.807, 2.05) is 0 Å². The first kappa shape index (κ1) is 24.3. The summed E-state index contributed by atoms with van der Waals surface area (Å²) >= 11 is 0. The number of imide groups is 2. The van der Waals surface area contributed by atoms with Gasteiger partial charge in [-0.15, -0.1) is 0 Å². The van der Waals surface area contributed by atoms with E-state index in [2.05, 4.69) is 5.32 Å². The minimum Gasteiger partial charge on any atom is -0.493 e. The third kappa shape index (κ3) is 5.14. The number of carbonyl (C=O) groups excluding carboxylic acids is 5. The largest absolute Gasteiger partial charge is 0.513 e. The molecule has 36 heavy (non-hydrogen) atoms. The molecule has 0 spiro atoms. The molecule has 4 rings (SSSR count). The lowest BCUT2D eigenvalue weighted by Crippen LogP contribution is -2.54. The summed E-state index contributed by atoms with van der Waals surface area (Å²) in [6, 6.07) is 8.18. The number of hydrogen-bond acceptors (Lipinski definition) is 10. The van der Waals surface area contributed by atoms with Crippen LogP contribution in [-0.2, 0) is 14.3 Å². The molecule has 186 valence electrons. The van der Waals surface area contributed by atoms with Crippen LogP contribution in [-0.4, -0.2) is 58.9 Å². The summed E-state index contributed by atoms with van der Waals surface area (Å²) in [4.78, 5) is 71.6. The van der Waals surface area contributed by atoms with Crippen molar-refractivity contribution >= 4 is 35.5 Å². The number of nitrogens with zero attached hydrogens (tertiary/aromatic N) is 2. The van der Waals surface area contributed by atoms with Gasteiger partial charge in [0.05, 0.1) is 29.3 Å². The highest BCUT2D eigenvalue weighted by molar-refractivity contribution is 6.23. The van der Waals surface area contributed by atoms with Gasteiger partial charge in [0.15, 0.2) is 0 Å². The second-order valence-corrected chi connectivity index (χ2v) is 7.81. The van der Waals surface area contributed by atoms with Crippen molar-refractivity contribution in [1.82, 2.24) is 10.2 Å². The molecule has 0 aliphatic carbocycles. The number of nitrogens with one attached hydrogen (secondary N) is 1. The average molecular weight is 497 g/mol. The quantitative estimate of drug-likeness (QED) is 0.142. The zero-order chi connectivity index (χ0) is 25.8. The van der Waals surface area contributed by atoms with Gasteiger partial charge in [0.2, 0.25) is 11.8 Å². The topological polar surface area (TPSA) is 171 Å². The molecule has 4 amide bonds. The van der Waals surface area contributed by atoms with Gasteiger partial charge in [0, 0.05) is 25.0 Å². The van der Waals surface area contributed by atoms with Crippen molar-refractivity contribution < 1.29 is 43.1 Å². The molecule has 0 saturated carbocycles. The number of nitro groups is 1. The van der Waals surface area contributed by atoms with Crippen molar-refractivity contribution in [2.75, 3.05) is 13.2 Å². The van der Waals surface area contributed by atoms with Crippen LogP contribution in [0.4, 0.5) is 10.5 Å². The second kappa shape index (κ2) is 10.2. The smallest absolute Gasteiger partial charge is 0.493 e. The Labute approximate surface area is 203 Å². The minimum absolute atomic E-state index is 0.0294. The maximum absolute atomic E-state index is 12.8. The van der Waals surface area contributed by atoms with Gasteiger partial charge in [-0.1, -0.05) is 0 Å². The molecule has 1 saturated heterocycles. The highest BCUT2D eigenvalue weighted by atomic mass is 16.7. The number of benzene rings is 2. The number of fused-ring (bicyclic) bond motifs is 1. The van der Waals surface area contributed by atoms with Gasteiger partial charge in [-0.3, -0.25) is 39.5 Å². The van der Waals surface area contributed by atoms with E-state index in [1.165, 1.54) is 42.5 Å². The van der Waals surface area contributed by atoms with Gasteiger partial charge < -0.3 is 14.2 Å². The van der Waals surface area contributed by atoms with Gasteiger partial charge in [-0.05, 0) is 36.8 Å². The summed E-state index contributed by atoms with van der Waals surface area (Å²) in [7, 11) is 0. The van der Waals surface area contributed by atoms with Crippen LogP contribution in [0.1, 0.15) is 40.0 Å². The monoisotopic (exact) mass is 497 g/mol. The Bertz CT molecular complexity index is 1260. The molecule has 2 aliphatic heterocycles. The first-order chi connectivity index (χ1) is 17.2. The number of non-ortho nitro benzene ring substituents is 1. The molecule has 1 atom stereocenters. The van der Waals surface area contributed by atoms with E-state index >= 15 is 0 Å². The molecule has 0 bridgehead atoms. The van der Waals surface area contributed by atoms with Crippen LogP contribution in [0.2, 0.25) is 0 Å². The fourth-order valence-corrected chi connectivity index (χ4v) is 3.71. The number of carbonyl (C=O) groups is 5. The Kier molecular flexibility index (Phi) is 6.90. The lowest BCUT2D eigenvalue weighted by atomic mass is 10.0. The third-order valence-corrected chi connectivity index (χ3v) is 5.44. The highest BCUT2D eigenvalue weighted by Gasteiger charge is 2.44. The maximum Gasteiger partial charge on any atom is 0.513 e. The van der Waals surface area contributed by atoms with E-state index in [-0.39, 0.29) is 55.0 Å². The molecule has 13 heteroatoms. The Morgan fingerprint density at radius 3 is 2.39 bits per heavy atom. The fraction of sp³-hybridized carbons (Fsp3) is 0.261. The molecule has 1 N–H and O–H groups in total. The molecular weight excluding hydrogens is 478 g/mol. The Balaban J connectivity index is 1.25. The summed E-state index contributed by atoms with van der Waals surface area (Å²) in [5.74, 6) is -2.02. The lowest BCUT2D eigenvalue weighted by Gasteiger charge is -2.27. The predicted octanol–water partition coefficient (Wildman–Crippen LogP) is 1.98. The van der Waals surface area contributed by atoms with Gasteiger partial charge >= 0.3 is 6.16 Å². The molecule has 0 radical (unpaired) electrons. The SMILES string of the molecule is O=C1CCC(N2C(=O)c3ccc(OCCCOC(=O)Oc4ccc([N+](=O)[O-])cc4)cc3C2=O)C(=O)N1. The molecule has 1 fully saturated rings. The van der Waals surface area contributed by atoms with Crippen LogP contribution in [0.15, 0.2) is 42.5 Å². The summed E-state index contributed by atoms with van der Waals surface area (Å²) in [6.45, 7) is 0.0695. The summed E-state index contributed by atoms with van der Waals surface area (Å²) in [6.07, 6.45) is -0.616. The molecule has 1 unspecified atom stereocenters. The van der Waals surface area contributed by atoms with E-state index < -0.39 is 40.7 Å². The Hall–Kier alpha value is -4.81. The summed E-state index contributed by atoms with van der Waals surface area (Å²) in [5, 5.41) is 12.8. The van der Waals surface area contributed by atoms with E-state index in [4.69, 9.17) is 14.2 Å². The first-order valence-corrected chi connectivity index (χ1v) is 10.8. The predicted molar refractivity (Wildman–Crippen MR) is 118 cm³/mol. The molecule has 2 aromatic carbocycles. The maximum atomic E-state index is 12.8. The number of amides is 4. The fourth-order valence-electron chi connectivity index (χ4n) is 3.71. The number of piperidine rings is 1. The van der Waals surface area contributed by atoms with Gasteiger partial charge in [-0.2, -0.15) is 0 Å². The first-order valence-electron chi connectivity index (χ1n) is 10.8. The van der Waals surface area contributed by atoms with Crippen molar-refractivity contribution in [2.45, 2.75) is 25.3 Å². The van der Waals surface area contributed by atoms with Crippen LogP contribution in [0, 0.1) is 10.1 Å².